The molecule has 0 amide bonds. The molecule has 0 radical (unpaired) electrons. The Kier molecular flexibility index (Phi) is 3.88. The predicted octanol–water partition coefficient (Wildman–Crippen LogP) is 2.64. The van der Waals surface area contributed by atoms with Gasteiger partial charge in [-0.25, -0.2) is 9.97 Å². The highest BCUT2D eigenvalue weighted by Gasteiger charge is 2.14. The third-order valence-electron chi connectivity index (χ3n) is 3.29. The largest absolute Gasteiger partial charge is 0.346 e. The number of H-pyrrole nitrogens is 1. The van der Waals surface area contributed by atoms with E-state index in [0.717, 1.165) is 28.0 Å². The van der Waals surface area contributed by atoms with Crippen molar-refractivity contribution in [1.29, 1.82) is 5.26 Å². The van der Waals surface area contributed by atoms with Gasteiger partial charge in [0.25, 0.3) is 0 Å². The minimum Gasteiger partial charge on any atom is -0.346 e. The highest BCUT2D eigenvalue weighted by molar-refractivity contribution is 7.98. The van der Waals surface area contributed by atoms with Gasteiger partial charge in [0, 0.05) is 29.1 Å². The lowest BCUT2D eigenvalue weighted by Crippen LogP contribution is -2.11. The van der Waals surface area contributed by atoms with E-state index in [1.165, 1.54) is 0 Å². The summed E-state index contributed by atoms with van der Waals surface area (Å²) in [5, 5.41) is 14.3. The van der Waals surface area contributed by atoms with Crippen molar-refractivity contribution in [2.24, 2.45) is 0 Å². The number of hydrogen-bond acceptors (Lipinski definition) is 5. The van der Waals surface area contributed by atoms with E-state index in [4.69, 9.17) is 5.26 Å². The number of nitriles is 1. The SMILES string of the molecule is CSCC(CC#N)n1cc(-c2ncnc3[nH]ccc23)cn1. The Balaban J connectivity index is 1.98. The maximum absolute atomic E-state index is 8.94. The molecule has 0 aromatic carbocycles. The highest BCUT2D eigenvalue weighted by atomic mass is 32.2. The van der Waals surface area contributed by atoms with Gasteiger partial charge in [-0.05, 0) is 12.3 Å². The summed E-state index contributed by atoms with van der Waals surface area (Å²) >= 11 is 1.71. The van der Waals surface area contributed by atoms with Crippen molar-refractivity contribution in [3.05, 3.63) is 31.0 Å². The van der Waals surface area contributed by atoms with E-state index in [0.29, 0.717) is 6.42 Å². The van der Waals surface area contributed by atoms with Gasteiger partial charge < -0.3 is 4.98 Å². The summed E-state index contributed by atoms with van der Waals surface area (Å²) in [6.07, 6.45) is 9.61. The van der Waals surface area contributed by atoms with Crippen LogP contribution in [0.2, 0.25) is 0 Å². The lowest BCUT2D eigenvalue weighted by molar-refractivity contribution is 0.508. The summed E-state index contributed by atoms with van der Waals surface area (Å²) in [7, 11) is 0. The molecule has 21 heavy (non-hydrogen) atoms. The average molecular weight is 298 g/mol. The molecule has 0 aliphatic heterocycles. The Labute approximate surface area is 126 Å². The Morgan fingerprint density at radius 2 is 2.38 bits per heavy atom. The normalized spacial score (nSPS) is 12.4. The van der Waals surface area contributed by atoms with E-state index in [9.17, 15) is 0 Å². The Hall–Kier alpha value is -2.33. The van der Waals surface area contributed by atoms with E-state index >= 15 is 0 Å². The van der Waals surface area contributed by atoms with Crippen LogP contribution in [0.5, 0.6) is 0 Å². The molecule has 3 aromatic rings. The van der Waals surface area contributed by atoms with Crippen LogP contribution in [-0.4, -0.2) is 36.7 Å². The standard InChI is InChI=1S/C14H14N6S/c1-21-8-11(2-4-15)20-7-10(6-19-20)13-12-3-5-16-14(12)18-9-17-13/h3,5-7,9,11H,2,8H2,1H3,(H,16,17,18). The maximum Gasteiger partial charge on any atom is 0.141 e. The molecule has 0 aliphatic carbocycles. The smallest absolute Gasteiger partial charge is 0.141 e. The Morgan fingerprint density at radius 3 is 3.19 bits per heavy atom. The second-order valence-electron chi connectivity index (χ2n) is 4.64. The number of aromatic nitrogens is 5. The molecule has 7 heteroatoms. The number of nitrogens with zero attached hydrogens (tertiary/aromatic N) is 5. The van der Waals surface area contributed by atoms with Gasteiger partial charge in [0.15, 0.2) is 0 Å². The van der Waals surface area contributed by atoms with Crippen LogP contribution >= 0.6 is 11.8 Å². The minimum atomic E-state index is 0.0855. The first-order valence-electron chi connectivity index (χ1n) is 6.52. The zero-order chi connectivity index (χ0) is 14.7. The van der Waals surface area contributed by atoms with Crippen molar-refractivity contribution in [2.75, 3.05) is 12.0 Å². The minimum absolute atomic E-state index is 0.0855. The summed E-state index contributed by atoms with van der Waals surface area (Å²) < 4.78 is 1.86. The fourth-order valence-corrected chi connectivity index (χ4v) is 2.94. The van der Waals surface area contributed by atoms with E-state index in [1.807, 2.05) is 29.4 Å². The maximum atomic E-state index is 8.94. The van der Waals surface area contributed by atoms with Crippen molar-refractivity contribution < 1.29 is 0 Å². The van der Waals surface area contributed by atoms with Gasteiger partial charge in [-0.1, -0.05) is 0 Å². The second-order valence-corrected chi connectivity index (χ2v) is 5.55. The molecule has 0 saturated carbocycles. The van der Waals surface area contributed by atoms with Gasteiger partial charge in [0.1, 0.15) is 12.0 Å². The average Bonchev–Trinajstić information content (AvgIpc) is 3.15. The lowest BCUT2D eigenvalue weighted by atomic mass is 10.2. The molecule has 6 nitrogen and oxygen atoms in total. The summed E-state index contributed by atoms with van der Waals surface area (Å²) in [5.74, 6) is 0.859. The number of nitrogens with one attached hydrogen (secondary N) is 1. The quantitative estimate of drug-likeness (QED) is 0.783. The van der Waals surface area contributed by atoms with Crippen LogP contribution in [0.1, 0.15) is 12.5 Å². The zero-order valence-electron chi connectivity index (χ0n) is 11.5. The van der Waals surface area contributed by atoms with Crippen molar-refractivity contribution in [3.63, 3.8) is 0 Å². The van der Waals surface area contributed by atoms with Gasteiger partial charge >= 0.3 is 0 Å². The van der Waals surface area contributed by atoms with Crippen LogP contribution in [0.25, 0.3) is 22.3 Å². The molecule has 0 fully saturated rings. The fraction of sp³-hybridized carbons (Fsp3) is 0.286. The van der Waals surface area contributed by atoms with Gasteiger partial charge in [0.05, 0.1) is 30.4 Å². The van der Waals surface area contributed by atoms with E-state index in [2.05, 4.69) is 26.1 Å². The molecule has 1 unspecified atom stereocenters. The molecule has 3 rings (SSSR count). The van der Waals surface area contributed by atoms with Gasteiger partial charge in [-0.2, -0.15) is 22.1 Å². The van der Waals surface area contributed by atoms with Gasteiger partial charge in [0.2, 0.25) is 0 Å². The number of rotatable bonds is 5. The molecule has 0 bridgehead atoms. The van der Waals surface area contributed by atoms with Crippen LogP contribution in [0.3, 0.4) is 0 Å². The molecular formula is C14H14N6S. The van der Waals surface area contributed by atoms with Crippen LogP contribution < -0.4 is 0 Å². The predicted molar refractivity (Wildman–Crippen MR) is 82.8 cm³/mol. The molecule has 0 aliphatic rings. The van der Waals surface area contributed by atoms with Crippen LogP contribution in [-0.2, 0) is 0 Å². The van der Waals surface area contributed by atoms with Crippen molar-refractivity contribution >= 4 is 22.8 Å². The van der Waals surface area contributed by atoms with Crippen LogP contribution in [0.4, 0.5) is 0 Å². The molecule has 106 valence electrons. The van der Waals surface area contributed by atoms with Crippen molar-refractivity contribution in [2.45, 2.75) is 12.5 Å². The molecule has 0 saturated heterocycles. The van der Waals surface area contributed by atoms with Crippen molar-refractivity contribution in [1.82, 2.24) is 24.7 Å². The summed E-state index contributed by atoms with van der Waals surface area (Å²) in [6, 6.07) is 4.26. The molecule has 0 spiro atoms. The Morgan fingerprint density at radius 1 is 1.48 bits per heavy atom. The fourth-order valence-electron chi connectivity index (χ4n) is 2.29. The molecule has 1 N–H and O–H groups in total. The van der Waals surface area contributed by atoms with Crippen LogP contribution in [0.15, 0.2) is 31.0 Å². The topological polar surface area (TPSA) is 83.2 Å². The summed E-state index contributed by atoms with van der Waals surface area (Å²) in [4.78, 5) is 11.6. The molecule has 3 heterocycles. The summed E-state index contributed by atoms with van der Waals surface area (Å²) in [6.45, 7) is 0. The molecule has 3 aromatic heterocycles. The van der Waals surface area contributed by atoms with E-state index in [-0.39, 0.29) is 6.04 Å². The third-order valence-corrected chi connectivity index (χ3v) is 4.01. The number of fused-ring (bicyclic) bond motifs is 1. The zero-order valence-corrected chi connectivity index (χ0v) is 12.3. The lowest BCUT2D eigenvalue weighted by Gasteiger charge is -2.12. The highest BCUT2D eigenvalue weighted by Crippen LogP contribution is 2.26. The second kappa shape index (κ2) is 5.97. The van der Waals surface area contributed by atoms with Crippen LogP contribution in [0, 0.1) is 11.3 Å². The number of thioether (sulfide) groups is 1. The first kappa shape index (κ1) is 13.6. The van der Waals surface area contributed by atoms with Gasteiger partial charge in [-0.15, -0.1) is 0 Å². The van der Waals surface area contributed by atoms with E-state index in [1.54, 1.807) is 24.3 Å². The third kappa shape index (κ3) is 2.62. The number of aromatic amines is 1. The van der Waals surface area contributed by atoms with E-state index < -0.39 is 0 Å². The summed E-state index contributed by atoms with van der Waals surface area (Å²) in [5.41, 5.74) is 2.60. The first-order chi connectivity index (χ1) is 10.3. The van der Waals surface area contributed by atoms with Gasteiger partial charge in [-0.3, -0.25) is 4.68 Å². The Bertz CT molecular complexity index is 784. The van der Waals surface area contributed by atoms with Crippen molar-refractivity contribution in [3.8, 4) is 17.3 Å². The molecule has 1 atom stereocenters. The monoisotopic (exact) mass is 298 g/mol. The first-order valence-corrected chi connectivity index (χ1v) is 7.91. The molecular weight excluding hydrogens is 284 g/mol. The number of hydrogen-bond donors (Lipinski definition) is 1.